The fourth-order valence-electron chi connectivity index (χ4n) is 4.67. The van der Waals surface area contributed by atoms with Crippen molar-refractivity contribution in [2.45, 2.75) is 53.0 Å². The normalized spacial score (nSPS) is 17.9. The fourth-order valence-corrected chi connectivity index (χ4v) is 4.67. The third kappa shape index (κ3) is 5.43. The number of carbonyl (C=O) groups is 2. The molecule has 3 rings (SSSR count). The summed E-state index contributed by atoms with van der Waals surface area (Å²) in [6.07, 6.45) is 0. The zero-order valence-electron chi connectivity index (χ0n) is 22.0. The van der Waals surface area contributed by atoms with Gasteiger partial charge in [-0.15, -0.1) is 0 Å². The lowest BCUT2D eigenvalue weighted by Crippen LogP contribution is -3.12. The molecule has 0 aromatic heterocycles. The van der Waals surface area contributed by atoms with Crippen molar-refractivity contribution in [2.24, 2.45) is 0 Å². The largest absolute Gasteiger partial charge is 0.872 e. The first-order valence-corrected chi connectivity index (χ1v) is 12.4. The van der Waals surface area contributed by atoms with Crippen LogP contribution in [0.15, 0.2) is 48.0 Å². The van der Waals surface area contributed by atoms with Gasteiger partial charge in [0.05, 0.1) is 39.3 Å². The molecule has 1 saturated heterocycles. The van der Waals surface area contributed by atoms with Gasteiger partial charge in [0.15, 0.2) is 0 Å². The Balaban J connectivity index is 2.13. The molecule has 1 aliphatic rings. The maximum atomic E-state index is 13.7. The number of ketones is 1. The quantitative estimate of drug-likeness (QED) is 0.359. The van der Waals surface area contributed by atoms with E-state index in [-0.39, 0.29) is 11.0 Å². The lowest BCUT2D eigenvalue weighted by Gasteiger charge is -2.29. The van der Waals surface area contributed by atoms with Crippen molar-refractivity contribution >= 4 is 17.4 Å². The number of methoxy groups -OCH3 is 1. The molecule has 1 unspecified atom stereocenters. The minimum atomic E-state index is -0.706. The Labute approximate surface area is 209 Å². The predicted octanol–water partition coefficient (Wildman–Crippen LogP) is 2.45. The van der Waals surface area contributed by atoms with Crippen molar-refractivity contribution in [1.29, 1.82) is 0 Å². The fraction of sp³-hybridized carbons (Fsp3) is 0.448. The van der Waals surface area contributed by atoms with Crippen molar-refractivity contribution in [3.8, 4) is 5.75 Å². The number of ether oxygens (including phenoxy) is 1. The van der Waals surface area contributed by atoms with Crippen LogP contribution in [0, 0.1) is 6.92 Å². The minimum Gasteiger partial charge on any atom is -0.872 e. The van der Waals surface area contributed by atoms with E-state index in [9.17, 15) is 14.7 Å². The van der Waals surface area contributed by atoms with Gasteiger partial charge in [-0.1, -0.05) is 56.9 Å². The molecule has 6 nitrogen and oxygen atoms in total. The highest BCUT2D eigenvalue weighted by Crippen LogP contribution is 2.39. The Morgan fingerprint density at radius 3 is 2.20 bits per heavy atom. The molecule has 2 aromatic carbocycles. The maximum Gasteiger partial charge on any atom is 0.295 e. The molecule has 0 aliphatic carbocycles. The monoisotopic (exact) mass is 478 g/mol. The lowest BCUT2D eigenvalue weighted by molar-refractivity contribution is -0.895. The van der Waals surface area contributed by atoms with Crippen molar-refractivity contribution < 1.29 is 24.3 Å². The summed E-state index contributed by atoms with van der Waals surface area (Å²) in [5.41, 5.74) is 3.10. The average molecular weight is 479 g/mol. The summed E-state index contributed by atoms with van der Waals surface area (Å²) in [5.74, 6) is -1.05. The summed E-state index contributed by atoms with van der Waals surface area (Å²) in [6, 6.07) is 12.3. The number of amides is 1. The topological polar surface area (TPSA) is 74.1 Å². The summed E-state index contributed by atoms with van der Waals surface area (Å²) in [7, 11) is 1.57. The lowest BCUT2D eigenvalue weighted by atomic mass is 9.85. The van der Waals surface area contributed by atoms with E-state index in [1.807, 2.05) is 31.2 Å². The van der Waals surface area contributed by atoms with Crippen molar-refractivity contribution in [3.05, 3.63) is 70.3 Å². The van der Waals surface area contributed by atoms with Gasteiger partial charge in [0.25, 0.3) is 5.91 Å². The van der Waals surface area contributed by atoms with E-state index in [1.54, 1.807) is 30.2 Å². The highest BCUT2D eigenvalue weighted by Gasteiger charge is 2.44. The Bertz CT molecular complexity index is 1110. The first-order valence-electron chi connectivity index (χ1n) is 12.4. The van der Waals surface area contributed by atoms with Crippen molar-refractivity contribution in [1.82, 2.24) is 4.90 Å². The van der Waals surface area contributed by atoms with Crippen LogP contribution in [0.1, 0.15) is 62.9 Å². The molecule has 188 valence electrons. The molecular formula is C29H38N2O4. The van der Waals surface area contributed by atoms with E-state index in [1.165, 1.54) is 4.90 Å². The predicted molar refractivity (Wildman–Crippen MR) is 136 cm³/mol. The van der Waals surface area contributed by atoms with Gasteiger partial charge in [-0.2, -0.15) is 0 Å². The molecule has 1 fully saturated rings. The van der Waals surface area contributed by atoms with Crippen LogP contribution in [0.4, 0.5) is 0 Å². The Kier molecular flexibility index (Phi) is 8.06. The minimum absolute atomic E-state index is 0.0256. The number of likely N-dealkylation sites (tertiary alicyclic amines) is 1. The Morgan fingerprint density at radius 2 is 1.69 bits per heavy atom. The maximum absolute atomic E-state index is 13.7. The number of rotatable bonds is 8. The van der Waals surface area contributed by atoms with E-state index in [4.69, 9.17) is 4.74 Å². The average Bonchev–Trinajstić information content (AvgIpc) is 3.08. The summed E-state index contributed by atoms with van der Waals surface area (Å²) >= 11 is 0. The summed E-state index contributed by atoms with van der Waals surface area (Å²) in [4.78, 5) is 29.4. The number of hydrogen-bond acceptors (Lipinski definition) is 4. The SMILES string of the molecule is CC[NH+](CC)CCN1C(=O)C(=O)/C(=C(/[O-])c2ccc(OC)c(C)c2)C1c1ccc(C(C)(C)C)cc1. The van der Waals surface area contributed by atoms with Gasteiger partial charge in [0.1, 0.15) is 5.75 Å². The van der Waals surface area contributed by atoms with Crippen LogP contribution in [0.2, 0.25) is 0 Å². The standard InChI is InChI=1S/C29H38N2O4/c1-8-30(9-2)16-17-31-25(20-10-13-22(14-11-20)29(4,5)6)24(27(33)28(31)34)26(32)21-12-15-23(35-7)19(3)18-21/h10-15,18,25,32H,8-9,16-17H2,1-7H3/b26-24+. The Hall–Kier alpha value is -3.12. The van der Waals surface area contributed by atoms with Gasteiger partial charge in [-0.05, 0) is 60.6 Å². The number of nitrogens with zero attached hydrogens (tertiary/aromatic N) is 1. The third-order valence-corrected chi connectivity index (χ3v) is 6.99. The zero-order chi connectivity index (χ0) is 25.9. The van der Waals surface area contributed by atoms with Crippen LogP contribution in [0.5, 0.6) is 5.75 Å². The van der Waals surface area contributed by atoms with Crippen LogP contribution in [-0.2, 0) is 15.0 Å². The molecule has 1 atom stereocenters. The number of hydrogen-bond donors (Lipinski definition) is 1. The molecule has 2 aromatic rings. The molecular weight excluding hydrogens is 440 g/mol. The second-order valence-corrected chi connectivity index (χ2v) is 10.2. The first-order chi connectivity index (χ1) is 16.5. The van der Waals surface area contributed by atoms with Gasteiger partial charge in [-0.25, -0.2) is 0 Å². The number of benzene rings is 2. The number of aryl methyl sites for hydroxylation is 1. The molecule has 6 heteroatoms. The molecule has 0 spiro atoms. The number of Topliss-reactive ketones (excluding diaryl/α,β-unsaturated/α-hetero) is 1. The van der Waals surface area contributed by atoms with Crippen LogP contribution in [0.25, 0.3) is 5.76 Å². The van der Waals surface area contributed by atoms with E-state index >= 15 is 0 Å². The van der Waals surface area contributed by atoms with E-state index in [0.717, 1.165) is 29.8 Å². The van der Waals surface area contributed by atoms with Gasteiger partial charge in [0.2, 0.25) is 5.78 Å². The Morgan fingerprint density at radius 1 is 1.06 bits per heavy atom. The molecule has 1 heterocycles. The molecule has 0 saturated carbocycles. The summed E-state index contributed by atoms with van der Waals surface area (Å²) in [6.45, 7) is 15.4. The molecule has 0 bridgehead atoms. The highest BCUT2D eigenvalue weighted by molar-refractivity contribution is 6.46. The van der Waals surface area contributed by atoms with Crippen molar-refractivity contribution in [2.75, 3.05) is 33.3 Å². The van der Waals surface area contributed by atoms with E-state index < -0.39 is 23.5 Å². The summed E-state index contributed by atoms with van der Waals surface area (Å²) in [5, 5.41) is 13.7. The molecule has 1 aliphatic heterocycles. The highest BCUT2D eigenvalue weighted by atomic mass is 16.5. The van der Waals surface area contributed by atoms with Crippen molar-refractivity contribution in [3.63, 3.8) is 0 Å². The third-order valence-electron chi connectivity index (χ3n) is 6.99. The number of nitrogens with one attached hydrogen (secondary N) is 1. The van der Waals surface area contributed by atoms with Gasteiger partial charge in [0, 0.05) is 5.57 Å². The van der Waals surface area contributed by atoms with Crippen LogP contribution in [-0.4, -0.2) is 49.9 Å². The van der Waals surface area contributed by atoms with E-state index in [0.29, 0.717) is 24.4 Å². The molecule has 35 heavy (non-hydrogen) atoms. The molecule has 1 N–H and O–H groups in total. The smallest absolute Gasteiger partial charge is 0.295 e. The zero-order valence-corrected chi connectivity index (χ0v) is 22.0. The molecule has 0 radical (unpaired) electrons. The van der Waals surface area contributed by atoms with Crippen LogP contribution < -0.4 is 14.7 Å². The number of likely N-dealkylation sites (N-methyl/N-ethyl adjacent to an activating group) is 1. The second-order valence-electron chi connectivity index (χ2n) is 10.2. The van der Waals surface area contributed by atoms with Gasteiger partial charge < -0.3 is 19.6 Å². The van der Waals surface area contributed by atoms with E-state index in [2.05, 4.69) is 34.6 Å². The number of quaternary nitrogens is 1. The van der Waals surface area contributed by atoms with Gasteiger partial charge in [-0.3, -0.25) is 9.59 Å². The van der Waals surface area contributed by atoms with Gasteiger partial charge >= 0.3 is 0 Å². The molecule has 1 amide bonds. The van der Waals surface area contributed by atoms with Crippen LogP contribution in [0.3, 0.4) is 0 Å². The number of carbonyl (C=O) groups excluding carboxylic acids is 2. The summed E-state index contributed by atoms with van der Waals surface area (Å²) < 4.78 is 5.32. The first kappa shape index (κ1) is 26.5. The van der Waals surface area contributed by atoms with Crippen LogP contribution >= 0.6 is 0 Å². The second kappa shape index (κ2) is 10.6.